The number of halogens is 2. The van der Waals surface area contributed by atoms with Gasteiger partial charge in [0.05, 0.1) is 24.2 Å². The minimum atomic E-state index is -2.76. The van der Waals surface area contributed by atoms with E-state index in [0.29, 0.717) is 61.3 Å². The molecule has 220 valence electrons. The molecule has 0 radical (unpaired) electrons. The van der Waals surface area contributed by atoms with Gasteiger partial charge < -0.3 is 25.2 Å². The molecule has 3 fully saturated rings. The van der Waals surface area contributed by atoms with Crippen LogP contribution in [-0.2, 0) is 9.53 Å². The molecule has 0 atom stereocenters. The van der Waals surface area contributed by atoms with Crippen LogP contribution in [0, 0.1) is 0 Å². The molecule has 2 aliphatic heterocycles. The zero-order chi connectivity index (χ0) is 28.2. The monoisotopic (exact) mass is 568 g/mol. The lowest BCUT2D eigenvalue weighted by molar-refractivity contribution is -0.122. The fourth-order valence-electron chi connectivity index (χ4n) is 6.12. The number of morpholine rings is 1. The van der Waals surface area contributed by atoms with E-state index in [2.05, 4.69) is 25.4 Å². The lowest BCUT2D eigenvalue weighted by Crippen LogP contribution is -2.41. The molecule has 0 unspecified atom stereocenters. The predicted molar refractivity (Wildman–Crippen MR) is 153 cm³/mol. The van der Waals surface area contributed by atoms with E-state index in [1.165, 1.54) is 17.4 Å². The number of amides is 1. The number of hydrogen-bond acceptors (Lipinski definition) is 8. The van der Waals surface area contributed by atoms with Gasteiger partial charge in [0.25, 0.3) is 6.43 Å². The molecule has 0 spiro atoms. The maximum atomic E-state index is 14.1. The van der Waals surface area contributed by atoms with Crippen molar-refractivity contribution >= 4 is 28.7 Å². The number of likely N-dealkylation sites (tertiary alicyclic amines) is 1. The van der Waals surface area contributed by atoms with Crippen LogP contribution < -0.4 is 15.5 Å². The summed E-state index contributed by atoms with van der Waals surface area (Å²) in [6.07, 6.45) is 3.68. The summed E-state index contributed by atoms with van der Waals surface area (Å²) < 4.78 is 35.2. The summed E-state index contributed by atoms with van der Waals surface area (Å²) in [5.74, 6) is 1.21. The number of para-hydroxylation sites is 2. The topological polar surface area (TPSA) is 100 Å². The number of hydrogen-bond donors (Lipinski definition) is 2. The number of nitrogens with zero attached hydrogens (tertiary/aromatic N) is 6. The Morgan fingerprint density at radius 3 is 2.41 bits per heavy atom. The number of benzene rings is 1. The molecule has 1 amide bonds. The van der Waals surface area contributed by atoms with Crippen molar-refractivity contribution in [3.05, 3.63) is 36.2 Å². The highest BCUT2D eigenvalue weighted by Crippen LogP contribution is 2.30. The van der Waals surface area contributed by atoms with Crippen LogP contribution in [0.25, 0.3) is 16.9 Å². The van der Waals surface area contributed by atoms with Crippen molar-refractivity contribution in [3.63, 3.8) is 0 Å². The number of rotatable bonds is 9. The average molecular weight is 569 g/mol. The van der Waals surface area contributed by atoms with Gasteiger partial charge >= 0.3 is 0 Å². The van der Waals surface area contributed by atoms with Crippen LogP contribution in [0.15, 0.2) is 30.3 Å². The van der Waals surface area contributed by atoms with Gasteiger partial charge in [-0.1, -0.05) is 12.1 Å². The minimum absolute atomic E-state index is 0.120. The Kier molecular flexibility index (Phi) is 8.56. The van der Waals surface area contributed by atoms with Gasteiger partial charge in [0.15, 0.2) is 5.82 Å². The van der Waals surface area contributed by atoms with Crippen molar-refractivity contribution in [3.8, 4) is 5.82 Å². The molecule has 2 aromatic heterocycles. The maximum Gasteiger partial charge on any atom is 0.296 e. The van der Waals surface area contributed by atoms with Crippen molar-refractivity contribution in [1.29, 1.82) is 0 Å². The number of ether oxygens (including phenoxy) is 1. The first-order valence-corrected chi connectivity index (χ1v) is 14.8. The third-order valence-corrected chi connectivity index (χ3v) is 8.32. The second kappa shape index (κ2) is 12.6. The van der Waals surface area contributed by atoms with Gasteiger partial charge in [0.1, 0.15) is 11.6 Å². The summed E-state index contributed by atoms with van der Waals surface area (Å²) in [6, 6.07) is 9.14. The normalized spacial score (nSPS) is 22.0. The van der Waals surface area contributed by atoms with Gasteiger partial charge in [0, 0.05) is 44.2 Å². The average Bonchev–Trinajstić information content (AvgIpc) is 3.66. The smallest absolute Gasteiger partial charge is 0.296 e. The van der Waals surface area contributed by atoms with Crippen LogP contribution in [0.1, 0.15) is 57.2 Å². The SMILES string of the molecule is O=C(CCN1CCCC1)NC1CCC(Nc2nc(N3CCOCC3)cc(-n3c(C(F)F)nc4ccccc43)n2)CC1. The molecule has 2 N–H and O–H groups in total. The molecular formula is C29H38F2N8O2. The summed E-state index contributed by atoms with van der Waals surface area (Å²) in [6.45, 7) is 5.50. The highest BCUT2D eigenvalue weighted by atomic mass is 19.3. The molecular weight excluding hydrogens is 530 g/mol. The van der Waals surface area contributed by atoms with Crippen LogP contribution in [-0.4, -0.2) is 88.3 Å². The minimum Gasteiger partial charge on any atom is -0.378 e. The van der Waals surface area contributed by atoms with Gasteiger partial charge in [0.2, 0.25) is 11.9 Å². The third kappa shape index (κ3) is 6.59. The molecule has 1 aliphatic carbocycles. The van der Waals surface area contributed by atoms with E-state index in [9.17, 15) is 13.6 Å². The van der Waals surface area contributed by atoms with Crippen LogP contribution in [0.4, 0.5) is 20.5 Å². The van der Waals surface area contributed by atoms with Gasteiger partial charge in [-0.2, -0.15) is 9.97 Å². The van der Waals surface area contributed by atoms with E-state index in [1.54, 1.807) is 24.3 Å². The summed E-state index contributed by atoms with van der Waals surface area (Å²) in [5, 5.41) is 6.69. The highest BCUT2D eigenvalue weighted by molar-refractivity contribution is 5.78. The summed E-state index contributed by atoms with van der Waals surface area (Å²) in [7, 11) is 0. The molecule has 41 heavy (non-hydrogen) atoms. The first-order chi connectivity index (χ1) is 20.0. The molecule has 12 heteroatoms. The number of alkyl halides is 2. The quantitative estimate of drug-likeness (QED) is 0.401. The molecule has 6 rings (SSSR count). The first-order valence-electron chi connectivity index (χ1n) is 14.8. The Bertz CT molecular complexity index is 1330. The molecule has 0 bridgehead atoms. The van der Waals surface area contributed by atoms with E-state index >= 15 is 0 Å². The lowest BCUT2D eigenvalue weighted by atomic mass is 9.91. The van der Waals surface area contributed by atoms with Crippen LogP contribution in [0.3, 0.4) is 0 Å². The number of carbonyl (C=O) groups excluding carboxylic acids is 1. The van der Waals surface area contributed by atoms with Gasteiger partial charge in [-0.15, -0.1) is 0 Å². The van der Waals surface area contributed by atoms with Gasteiger partial charge in [-0.05, 0) is 63.7 Å². The summed E-state index contributed by atoms with van der Waals surface area (Å²) in [4.78, 5) is 30.7. The fraction of sp³-hybridized carbons (Fsp3) is 0.586. The van der Waals surface area contributed by atoms with E-state index in [-0.39, 0.29) is 23.8 Å². The first kappa shape index (κ1) is 27.8. The number of aromatic nitrogens is 4. The fourth-order valence-corrected chi connectivity index (χ4v) is 6.12. The Hall–Kier alpha value is -3.38. The van der Waals surface area contributed by atoms with Crippen molar-refractivity contribution in [2.45, 2.75) is 63.5 Å². The molecule has 4 heterocycles. The zero-order valence-corrected chi connectivity index (χ0v) is 23.3. The Labute approximate surface area is 238 Å². The standard InChI is InChI=1S/C29H38F2N8O2/c30-27(31)28-34-22-5-1-2-6-23(22)39(28)25-19-24(38-15-17-41-18-16-38)35-29(36-25)33-21-9-7-20(8-10-21)32-26(40)11-14-37-12-3-4-13-37/h1-2,5-6,19-21,27H,3-4,7-18H2,(H,32,40)(H,33,35,36). The van der Waals surface area contributed by atoms with Crippen LogP contribution in [0.2, 0.25) is 0 Å². The predicted octanol–water partition coefficient (Wildman–Crippen LogP) is 3.91. The van der Waals surface area contributed by atoms with Crippen molar-refractivity contribution in [2.24, 2.45) is 0 Å². The van der Waals surface area contributed by atoms with E-state index in [1.807, 2.05) is 6.07 Å². The van der Waals surface area contributed by atoms with E-state index < -0.39 is 6.43 Å². The van der Waals surface area contributed by atoms with Crippen LogP contribution >= 0.6 is 0 Å². The largest absolute Gasteiger partial charge is 0.378 e. The molecule has 3 aromatic rings. The Balaban J connectivity index is 1.17. The number of carbonyl (C=O) groups is 1. The number of nitrogens with one attached hydrogen (secondary N) is 2. The van der Waals surface area contributed by atoms with Gasteiger partial charge in [-0.25, -0.2) is 13.8 Å². The molecule has 1 aromatic carbocycles. The molecule has 10 nitrogen and oxygen atoms in total. The third-order valence-electron chi connectivity index (χ3n) is 8.32. The van der Waals surface area contributed by atoms with E-state index in [0.717, 1.165) is 45.3 Å². The van der Waals surface area contributed by atoms with Crippen LogP contribution in [0.5, 0.6) is 0 Å². The number of imidazole rings is 1. The Morgan fingerprint density at radius 2 is 1.66 bits per heavy atom. The zero-order valence-electron chi connectivity index (χ0n) is 23.3. The molecule has 1 saturated carbocycles. The second-order valence-electron chi connectivity index (χ2n) is 11.2. The molecule has 3 aliphatic rings. The Morgan fingerprint density at radius 1 is 0.951 bits per heavy atom. The summed E-state index contributed by atoms with van der Waals surface area (Å²) >= 11 is 0. The van der Waals surface area contributed by atoms with Crippen molar-refractivity contribution in [2.75, 3.05) is 56.2 Å². The number of anilines is 2. The van der Waals surface area contributed by atoms with Gasteiger partial charge in [-0.3, -0.25) is 9.36 Å². The van der Waals surface area contributed by atoms with Crippen molar-refractivity contribution in [1.82, 2.24) is 29.7 Å². The van der Waals surface area contributed by atoms with Crippen molar-refractivity contribution < 1.29 is 18.3 Å². The molecule has 2 saturated heterocycles. The maximum absolute atomic E-state index is 14.1. The number of fused-ring (bicyclic) bond motifs is 1. The lowest BCUT2D eigenvalue weighted by Gasteiger charge is -2.31. The highest BCUT2D eigenvalue weighted by Gasteiger charge is 2.26. The second-order valence-corrected chi connectivity index (χ2v) is 11.2. The van der Waals surface area contributed by atoms with E-state index in [4.69, 9.17) is 14.7 Å². The summed E-state index contributed by atoms with van der Waals surface area (Å²) in [5.41, 5.74) is 1.06.